The molecule has 0 radical (unpaired) electrons. The van der Waals surface area contributed by atoms with E-state index in [1.54, 1.807) is 16.0 Å². The van der Waals surface area contributed by atoms with E-state index in [1.807, 2.05) is 50.2 Å². The van der Waals surface area contributed by atoms with Crippen LogP contribution in [0.1, 0.15) is 68.4 Å². The Bertz CT molecular complexity index is 2500. The molecule has 0 bridgehead atoms. The van der Waals surface area contributed by atoms with Crippen LogP contribution < -0.4 is 10.6 Å². The second-order valence-electron chi connectivity index (χ2n) is 15.6. The van der Waals surface area contributed by atoms with Gasteiger partial charge in [0.15, 0.2) is 0 Å². The number of alkyl carbamates (subject to hydrolysis) is 2. The lowest BCUT2D eigenvalue weighted by Crippen LogP contribution is -2.56. The third kappa shape index (κ3) is 8.05. The second kappa shape index (κ2) is 17.1. The summed E-state index contributed by atoms with van der Waals surface area (Å²) in [4.78, 5) is 71.4. The van der Waals surface area contributed by atoms with Crippen LogP contribution in [0.25, 0.3) is 44.5 Å². The number of rotatable bonds is 11. The topological polar surface area (TPSA) is 175 Å². The number of benzene rings is 4. The van der Waals surface area contributed by atoms with Crippen molar-refractivity contribution in [1.82, 2.24) is 40.4 Å². The van der Waals surface area contributed by atoms with Gasteiger partial charge in [0.05, 0.1) is 49.2 Å². The number of aromatic nitrogens is 4. The van der Waals surface area contributed by atoms with E-state index < -0.39 is 24.3 Å². The van der Waals surface area contributed by atoms with Gasteiger partial charge in [-0.15, -0.1) is 0 Å². The first-order valence-electron chi connectivity index (χ1n) is 20.2. The highest BCUT2D eigenvalue weighted by molar-refractivity contribution is 5.88. The lowest BCUT2D eigenvalue weighted by Gasteiger charge is -2.42. The van der Waals surface area contributed by atoms with E-state index in [0.29, 0.717) is 24.5 Å². The van der Waals surface area contributed by atoms with Crippen LogP contribution in [0, 0.1) is 5.92 Å². The highest BCUT2D eigenvalue weighted by Crippen LogP contribution is 2.36. The summed E-state index contributed by atoms with van der Waals surface area (Å²) in [6, 6.07) is 30.0. The van der Waals surface area contributed by atoms with Crippen LogP contribution in [-0.4, -0.2) is 87.1 Å². The zero-order valence-electron chi connectivity index (χ0n) is 34.0. The molecule has 308 valence electrons. The van der Waals surface area contributed by atoms with E-state index >= 15 is 0 Å². The molecule has 2 aliphatic rings. The molecule has 14 nitrogen and oxygen atoms in total. The first-order valence-corrected chi connectivity index (χ1v) is 20.2. The molecule has 4 heterocycles. The average molecular weight is 809 g/mol. The molecule has 0 aliphatic carbocycles. The molecular formula is C46H48N8O6. The van der Waals surface area contributed by atoms with E-state index in [2.05, 4.69) is 81.3 Å². The number of hydrogen-bond donors (Lipinski definition) is 4. The van der Waals surface area contributed by atoms with Crippen molar-refractivity contribution < 1.29 is 28.7 Å². The number of H-pyrrole nitrogens is 2. The summed E-state index contributed by atoms with van der Waals surface area (Å²) in [7, 11) is 2.57. The molecule has 4 atom stereocenters. The zero-order valence-corrected chi connectivity index (χ0v) is 34.0. The average Bonchev–Trinajstić information content (AvgIpc) is 4.04. The van der Waals surface area contributed by atoms with Crippen molar-refractivity contribution in [3.8, 4) is 33.5 Å². The maximum Gasteiger partial charge on any atom is 0.407 e. The molecule has 60 heavy (non-hydrogen) atoms. The molecule has 6 aromatic rings. The van der Waals surface area contributed by atoms with Gasteiger partial charge in [-0.25, -0.2) is 19.6 Å². The summed E-state index contributed by atoms with van der Waals surface area (Å²) < 4.78 is 9.57. The SMILES string of the molecule is COC(=O)NC(C(=O)N1CCCC1c1ncc(-c2ccc(-c3ccc(-c4ccc5nc(C6CCN6C(=O)C(NC(=O)OC)C(C)C)[nH]c5c4)cc3)cc2)[nH]1)c1ccccc1. The fourth-order valence-electron chi connectivity index (χ4n) is 8.12. The molecule has 0 saturated carbocycles. The second-order valence-corrected chi connectivity index (χ2v) is 15.6. The molecule has 2 aliphatic heterocycles. The number of amides is 4. The fourth-order valence-corrected chi connectivity index (χ4v) is 8.12. The van der Waals surface area contributed by atoms with Gasteiger partial charge in [0.25, 0.3) is 5.91 Å². The van der Waals surface area contributed by atoms with Crippen LogP contribution in [0.5, 0.6) is 0 Å². The monoisotopic (exact) mass is 808 g/mol. The van der Waals surface area contributed by atoms with Gasteiger partial charge >= 0.3 is 12.2 Å². The van der Waals surface area contributed by atoms with Crippen molar-refractivity contribution >= 4 is 35.0 Å². The van der Waals surface area contributed by atoms with Crippen LogP contribution in [0.4, 0.5) is 9.59 Å². The summed E-state index contributed by atoms with van der Waals surface area (Å²) in [5, 5.41) is 5.39. The number of ether oxygens (including phenoxy) is 2. The van der Waals surface area contributed by atoms with Gasteiger partial charge in [-0.1, -0.05) is 98.8 Å². The van der Waals surface area contributed by atoms with Crippen LogP contribution in [0.2, 0.25) is 0 Å². The minimum atomic E-state index is -0.879. The minimum Gasteiger partial charge on any atom is -0.453 e. The largest absolute Gasteiger partial charge is 0.453 e. The van der Waals surface area contributed by atoms with Crippen molar-refractivity contribution in [1.29, 1.82) is 0 Å². The van der Waals surface area contributed by atoms with Crippen LogP contribution >= 0.6 is 0 Å². The van der Waals surface area contributed by atoms with Crippen molar-refractivity contribution in [2.45, 2.75) is 57.3 Å². The molecule has 14 heteroatoms. The molecule has 2 fully saturated rings. The third-order valence-corrected chi connectivity index (χ3v) is 11.5. The maximum absolute atomic E-state index is 13.9. The Balaban J connectivity index is 0.927. The summed E-state index contributed by atoms with van der Waals surface area (Å²) in [5.41, 5.74) is 8.44. The summed E-state index contributed by atoms with van der Waals surface area (Å²) in [6.45, 7) is 4.94. The molecule has 2 saturated heterocycles. The van der Waals surface area contributed by atoms with E-state index in [0.717, 1.165) is 69.6 Å². The van der Waals surface area contributed by atoms with Crippen LogP contribution in [0.15, 0.2) is 103 Å². The number of nitrogens with one attached hydrogen (secondary N) is 4. The molecule has 4 N–H and O–H groups in total. The number of methoxy groups -OCH3 is 2. The van der Waals surface area contributed by atoms with Crippen molar-refractivity contribution in [3.63, 3.8) is 0 Å². The number of imidazole rings is 2. The lowest BCUT2D eigenvalue weighted by molar-refractivity contribution is -0.142. The number of nitrogens with zero attached hydrogens (tertiary/aromatic N) is 4. The number of fused-ring (bicyclic) bond motifs is 1. The molecule has 4 amide bonds. The van der Waals surface area contributed by atoms with Crippen LogP contribution in [0.3, 0.4) is 0 Å². The lowest BCUT2D eigenvalue weighted by atomic mass is 9.96. The first kappa shape index (κ1) is 39.8. The van der Waals surface area contributed by atoms with Crippen molar-refractivity contribution in [2.75, 3.05) is 27.3 Å². The Morgan fingerprint density at radius 1 is 0.683 bits per heavy atom. The normalized spacial score (nSPS) is 17.2. The van der Waals surface area contributed by atoms with Crippen molar-refractivity contribution in [2.24, 2.45) is 5.92 Å². The summed E-state index contributed by atoms with van der Waals surface area (Å²) in [5.74, 6) is 0.967. The fraction of sp³-hybridized carbons (Fsp3) is 0.304. The van der Waals surface area contributed by atoms with E-state index in [9.17, 15) is 19.2 Å². The Kier molecular flexibility index (Phi) is 11.4. The molecule has 2 aromatic heterocycles. The van der Waals surface area contributed by atoms with Gasteiger partial charge < -0.3 is 39.9 Å². The number of hydrogen-bond acceptors (Lipinski definition) is 8. The molecule has 8 rings (SSSR count). The Hall–Kier alpha value is -6.96. The molecule has 4 aromatic carbocycles. The Morgan fingerprint density at radius 3 is 1.92 bits per heavy atom. The van der Waals surface area contributed by atoms with E-state index in [1.165, 1.54) is 14.2 Å². The third-order valence-electron chi connectivity index (χ3n) is 11.5. The smallest absolute Gasteiger partial charge is 0.407 e. The number of carbonyl (C=O) groups excluding carboxylic acids is 4. The van der Waals surface area contributed by atoms with Gasteiger partial charge in [-0.3, -0.25) is 9.59 Å². The highest BCUT2D eigenvalue weighted by atomic mass is 16.5. The van der Waals surface area contributed by atoms with Gasteiger partial charge in [0.2, 0.25) is 5.91 Å². The Labute approximate surface area is 347 Å². The zero-order chi connectivity index (χ0) is 41.9. The predicted molar refractivity (Wildman–Crippen MR) is 226 cm³/mol. The summed E-state index contributed by atoms with van der Waals surface area (Å²) >= 11 is 0. The van der Waals surface area contributed by atoms with E-state index in [-0.39, 0.29) is 29.8 Å². The van der Waals surface area contributed by atoms with Gasteiger partial charge in [-0.05, 0) is 70.7 Å². The quantitative estimate of drug-likeness (QED) is 0.103. The van der Waals surface area contributed by atoms with Crippen molar-refractivity contribution in [3.05, 3.63) is 120 Å². The van der Waals surface area contributed by atoms with Crippen LogP contribution in [-0.2, 0) is 19.1 Å². The number of carbonyl (C=O) groups is 4. The first-order chi connectivity index (χ1) is 29.1. The Morgan fingerprint density at radius 2 is 1.28 bits per heavy atom. The number of likely N-dealkylation sites (tertiary alicyclic amines) is 2. The number of aromatic amines is 2. The molecular weight excluding hydrogens is 761 g/mol. The molecule has 4 unspecified atom stereocenters. The minimum absolute atomic E-state index is 0.104. The standard InChI is InChI=1S/C46H48N8O6/c1-27(2)39(51-45(57)59-3)43(55)54-24-22-38(54)42-48-34-21-20-33(25-35(34)49-42)30-14-12-28(13-15-30)29-16-18-31(19-17-29)36-26-47-41(50-36)37-11-8-23-53(37)44(56)40(52-46(58)60-4)32-9-6-5-7-10-32/h5-7,9-10,12-21,25-27,37-40H,8,11,22-24H2,1-4H3,(H,47,50)(H,48,49)(H,51,57)(H,52,58). The maximum atomic E-state index is 13.9. The molecule has 0 spiro atoms. The summed E-state index contributed by atoms with van der Waals surface area (Å²) in [6.07, 6.45) is 2.86. The van der Waals surface area contributed by atoms with E-state index in [4.69, 9.17) is 19.4 Å². The van der Waals surface area contributed by atoms with Gasteiger partial charge in [0.1, 0.15) is 23.7 Å². The highest BCUT2D eigenvalue weighted by Gasteiger charge is 2.40. The predicted octanol–water partition coefficient (Wildman–Crippen LogP) is 7.70. The van der Waals surface area contributed by atoms with Gasteiger partial charge in [-0.2, -0.15) is 0 Å². The van der Waals surface area contributed by atoms with Gasteiger partial charge in [0, 0.05) is 13.1 Å².